The fourth-order valence-electron chi connectivity index (χ4n) is 3.60. The number of nitrogens with two attached hydrogens (primary N) is 1. The molecular formula is C16H25N5O2. The minimum Gasteiger partial charge on any atom is -0.351 e. The van der Waals surface area contributed by atoms with Gasteiger partial charge in [-0.3, -0.25) is 9.59 Å². The molecule has 1 aliphatic carbocycles. The molecule has 1 atom stereocenters. The van der Waals surface area contributed by atoms with Crippen LogP contribution in [0.1, 0.15) is 56.5 Å². The van der Waals surface area contributed by atoms with Crippen LogP contribution in [0.25, 0.3) is 0 Å². The number of H-pyrrole nitrogens is 1. The van der Waals surface area contributed by atoms with E-state index in [9.17, 15) is 9.59 Å². The fraction of sp³-hybridized carbons (Fsp3) is 0.688. The van der Waals surface area contributed by atoms with Crippen LogP contribution in [0.15, 0.2) is 6.20 Å². The first kappa shape index (κ1) is 16.0. The molecule has 0 aromatic carbocycles. The monoisotopic (exact) mass is 319 g/mol. The summed E-state index contributed by atoms with van der Waals surface area (Å²) in [5.74, 6) is 1.14. The molecule has 1 saturated carbocycles. The van der Waals surface area contributed by atoms with Crippen LogP contribution < -0.4 is 11.1 Å². The van der Waals surface area contributed by atoms with Crippen molar-refractivity contribution in [3.8, 4) is 0 Å². The Morgan fingerprint density at radius 3 is 2.91 bits per heavy atom. The van der Waals surface area contributed by atoms with E-state index in [1.54, 1.807) is 6.20 Å². The van der Waals surface area contributed by atoms with E-state index in [1.807, 2.05) is 4.90 Å². The maximum Gasteiger partial charge on any atom is 0.242 e. The van der Waals surface area contributed by atoms with Crippen molar-refractivity contribution in [3.05, 3.63) is 17.7 Å². The van der Waals surface area contributed by atoms with Gasteiger partial charge in [-0.1, -0.05) is 12.8 Å². The maximum absolute atomic E-state index is 12.7. The van der Waals surface area contributed by atoms with Gasteiger partial charge in [-0.15, -0.1) is 0 Å². The van der Waals surface area contributed by atoms with Crippen molar-refractivity contribution in [2.24, 2.45) is 5.73 Å². The Bertz CT molecular complexity index is 591. The lowest BCUT2D eigenvalue weighted by molar-refractivity contribution is -0.135. The number of aromatic amines is 1. The maximum atomic E-state index is 12.7. The number of amides is 2. The lowest BCUT2D eigenvalue weighted by Gasteiger charge is -2.28. The summed E-state index contributed by atoms with van der Waals surface area (Å²) < 4.78 is 0. The van der Waals surface area contributed by atoms with Crippen molar-refractivity contribution < 1.29 is 9.59 Å². The molecular weight excluding hydrogens is 294 g/mol. The highest BCUT2D eigenvalue weighted by Gasteiger charge is 2.42. The van der Waals surface area contributed by atoms with Crippen LogP contribution in [0, 0.1) is 0 Å². The number of likely N-dealkylation sites (tertiary alicyclic amines) is 1. The summed E-state index contributed by atoms with van der Waals surface area (Å²) in [5.41, 5.74) is 6.52. The molecule has 1 aliphatic heterocycles. The lowest BCUT2D eigenvalue weighted by atomic mass is 9.97. The van der Waals surface area contributed by atoms with E-state index >= 15 is 0 Å². The van der Waals surface area contributed by atoms with Gasteiger partial charge in [0, 0.05) is 25.9 Å². The van der Waals surface area contributed by atoms with Crippen LogP contribution in [0.2, 0.25) is 0 Å². The molecule has 2 amide bonds. The number of carbonyl (C=O) groups excluding carboxylic acids is 2. The molecule has 2 fully saturated rings. The van der Waals surface area contributed by atoms with Gasteiger partial charge >= 0.3 is 0 Å². The molecule has 0 radical (unpaired) electrons. The predicted octanol–water partition coefficient (Wildman–Crippen LogP) is 0.633. The first-order valence-electron chi connectivity index (χ1n) is 8.34. The number of rotatable bonds is 4. The highest BCUT2D eigenvalue weighted by atomic mass is 16.2. The van der Waals surface area contributed by atoms with Crippen LogP contribution in [0.3, 0.4) is 0 Å². The van der Waals surface area contributed by atoms with E-state index in [4.69, 9.17) is 5.73 Å². The standard InChI is InChI=1S/C16H25N5O2/c1-11(22)18-8-13-9-19-14(20-13)12-4-7-21(10-12)15(23)16(17)5-2-3-6-16/h9,12H,2-8,10,17H2,1H3,(H,18,22)(H,19,20). The van der Waals surface area contributed by atoms with E-state index in [0.29, 0.717) is 13.1 Å². The molecule has 4 N–H and O–H groups in total. The third-order valence-corrected chi connectivity index (χ3v) is 4.96. The van der Waals surface area contributed by atoms with E-state index in [0.717, 1.165) is 50.2 Å². The summed E-state index contributed by atoms with van der Waals surface area (Å²) in [6.07, 6.45) is 6.34. The number of hydrogen-bond donors (Lipinski definition) is 3. The third kappa shape index (κ3) is 3.39. The molecule has 1 aromatic heterocycles. The Labute approximate surface area is 136 Å². The SMILES string of the molecule is CC(=O)NCc1cnc(C2CCN(C(=O)C3(N)CCCC3)C2)[nH]1. The van der Waals surface area contributed by atoms with E-state index in [2.05, 4.69) is 15.3 Å². The molecule has 2 aliphatic rings. The zero-order chi connectivity index (χ0) is 16.4. The summed E-state index contributed by atoms with van der Waals surface area (Å²) >= 11 is 0. The van der Waals surface area contributed by atoms with Crippen LogP contribution >= 0.6 is 0 Å². The second kappa shape index (κ2) is 6.31. The first-order chi connectivity index (χ1) is 11.0. The molecule has 1 unspecified atom stereocenters. The van der Waals surface area contributed by atoms with Gasteiger partial charge in [-0.25, -0.2) is 4.98 Å². The molecule has 1 saturated heterocycles. The van der Waals surface area contributed by atoms with E-state index < -0.39 is 5.54 Å². The van der Waals surface area contributed by atoms with Crippen molar-refractivity contribution >= 4 is 11.8 Å². The highest BCUT2D eigenvalue weighted by molar-refractivity contribution is 5.86. The second-order valence-electron chi connectivity index (χ2n) is 6.80. The predicted molar refractivity (Wildman–Crippen MR) is 85.4 cm³/mol. The first-order valence-corrected chi connectivity index (χ1v) is 8.34. The van der Waals surface area contributed by atoms with Crippen molar-refractivity contribution in [3.63, 3.8) is 0 Å². The molecule has 7 nitrogen and oxygen atoms in total. The molecule has 0 bridgehead atoms. The minimum absolute atomic E-state index is 0.0661. The number of aromatic nitrogens is 2. The normalized spacial score (nSPS) is 23.2. The largest absolute Gasteiger partial charge is 0.351 e. The molecule has 23 heavy (non-hydrogen) atoms. The Hall–Kier alpha value is -1.89. The average Bonchev–Trinajstić information content (AvgIpc) is 3.24. The highest BCUT2D eigenvalue weighted by Crippen LogP contribution is 2.32. The van der Waals surface area contributed by atoms with E-state index in [-0.39, 0.29) is 17.7 Å². The number of nitrogens with one attached hydrogen (secondary N) is 2. The number of carbonyl (C=O) groups is 2. The van der Waals surface area contributed by atoms with Crippen molar-refractivity contribution in [2.75, 3.05) is 13.1 Å². The van der Waals surface area contributed by atoms with Crippen LogP contribution in [-0.2, 0) is 16.1 Å². The Balaban J connectivity index is 1.59. The molecule has 0 spiro atoms. The van der Waals surface area contributed by atoms with Gasteiger partial charge in [0.05, 0.1) is 24.0 Å². The summed E-state index contributed by atoms with van der Waals surface area (Å²) in [7, 11) is 0. The lowest BCUT2D eigenvalue weighted by Crippen LogP contribution is -2.52. The van der Waals surface area contributed by atoms with Crippen molar-refractivity contribution in [1.82, 2.24) is 20.2 Å². The summed E-state index contributed by atoms with van der Waals surface area (Å²) in [4.78, 5) is 33.2. The van der Waals surface area contributed by atoms with E-state index in [1.165, 1.54) is 6.92 Å². The number of hydrogen-bond acceptors (Lipinski definition) is 4. The van der Waals surface area contributed by atoms with Gasteiger partial charge in [-0.05, 0) is 19.3 Å². The smallest absolute Gasteiger partial charge is 0.242 e. The summed E-state index contributed by atoms with van der Waals surface area (Å²) in [6, 6.07) is 0. The molecule has 126 valence electrons. The topological polar surface area (TPSA) is 104 Å². The van der Waals surface area contributed by atoms with Crippen molar-refractivity contribution in [2.45, 2.75) is 57.0 Å². The average molecular weight is 319 g/mol. The Morgan fingerprint density at radius 1 is 1.48 bits per heavy atom. The summed E-state index contributed by atoms with van der Waals surface area (Å²) in [5, 5.41) is 2.74. The van der Waals surface area contributed by atoms with Gasteiger partial charge in [-0.2, -0.15) is 0 Å². The fourth-order valence-corrected chi connectivity index (χ4v) is 3.60. The van der Waals surface area contributed by atoms with Crippen LogP contribution in [-0.4, -0.2) is 45.3 Å². The molecule has 1 aromatic rings. The van der Waals surface area contributed by atoms with Crippen LogP contribution in [0.4, 0.5) is 0 Å². The zero-order valence-electron chi connectivity index (χ0n) is 13.6. The van der Waals surface area contributed by atoms with Crippen LogP contribution in [0.5, 0.6) is 0 Å². The molecule has 3 rings (SSSR count). The summed E-state index contributed by atoms with van der Waals surface area (Å²) in [6.45, 7) is 3.35. The van der Waals surface area contributed by atoms with Gasteiger partial charge < -0.3 is 20.9 Å². The molecule has 2 heterocycles. The Morgan fingerprint density at radius 2 is 2.22 bits per heavy atom. The quantitative estimate of drug-likeness (QED) is 0.757. The molecule has 7 heteroatoms. The minimum atomic E-state index is -0.644. The number of nitrogens with zero attached hydrogens (tertiary/aromatic N) is 2. The third-order valence-electron chi connectivity index (χ3n) is 4.96. The van der Waals surface area contributed by atoms with Gasteiger partial charge in [0.1, 0.15) is 5.82 Å². The zero-order valence-corrected chi connectivity index (χ0v) is 13.6. The van der Waals surface area contributed by atoms with Gasteiger partial charge in [0.15, 0.2) is 0 Å². The number of imidazole rings is 1. The van der Waals surface area contributed by atoms with Gasteiger partial charge in [0.25, 0.3) is 0 Å². The van der Waals surface area contributed by atoms with Gasteiger partial charge in [0.2, 0.25) is 11.8 Å². The Kier molecular flexibility index (Phi) is 4.39. The van der Waals surface area contributed by atoms with Crippen molar-refractivity contribution in [1.29, 1.82) is 0 Å². The second-order valence-corrected chi connectivity index (χ2v) is 6.80.